The van der Waals surface area contributed by atoms with Gasteiger partial charge in [-0.2, -0.15) is 0 Å². The fourth-order valence-corrected chi connectivity index (χ4v) is 2.70. The van der Waals surface area contributed by atoms with Crippen LogP contribution >= 0.6 is 0 Å². The highest BCUT2D eigenvalue weighted by molar-refractivity contribution is 5.97. The van der Waals surface area contributed by atoms with E-state index in [-0.39, 0.29) is 11.8 Å². The molecule has 21 heavy (non-hydrogen) atoms. The first-order valence-electron chi connectivity index (χ1n) is 7.16. The molecule has 0 aliphatic carbocycles. The molecule has 0 bridgehead atoms. The first kappa shape index (κ1) is 13.8. The SMILES string of the molecule is NC(=O)c1cccnc1N1CCN(C(=O)C2CNC2)CC1. The zero-order valence-electron chi connectivity index (χ0n) is 11.8. The summed E-state index contributed by atoms with van der Waals surface area (Å²) < 4.78 is 0. The van der Waals surface area contributed by atoms with Gasteiger partial charge in [0.25, 0.3) is 5.91 Å². The summed E-state index contributed by atoms with van der Waals surface area (Å²) in [5.74, 6) is 0.497. The van der Waals surface area contributed by atoms with E-state index in [1.165, 1.54) is 0 Å². The number of pyridine rings is 1. The van der Waals surface area contributed by atoms with Crippen LogP contribution in [-0.4, -0.2) is 61.0 Å². The predicted octanol–water partition coefficient (Wildman–Crippen LogP) is -0.951. The van der Waals surface area contributed by atoms with Gasteiger partial charge in [-0.05, 0) is 12.1 Å². The van der Waals surface area contributed by atoms with Crippen LogP contribution in [0.5, 0.6) is 0 Å². The van der Waals surface area contributed by atoms with Crippen molar-refractivity contribution < 1.29 is 9.59 Å². The number of carbonyl (C=O) groups is 2. The van der Waals surface area contributed by atoms with Crippen LogP contribution in [0.15, 0.2) is 18.3 Å². The third-order valence-corrected chi connectivity index (χ3v) is 4.07. The Morgan fingerprint density at radius 2 is 1.95 bits per heavy atom. The zero-order valence-corrected chi connectivity index (χ0v) is 11.8. The van der Waals surface area contributed by atoms with E-state index in [9.17, 15) is 9.59 Å². The van der Waals surface area contributed by atoms with E-state index in [1.54, 1.807) is 18.3 Å². The van der Waals surface area contributed by atoms with Gasteiger partial charge in [-0.3, -0.25) is 9.59 Å². The third kappa shape index (κ3) is 2.69. The molecule has 3 N–H and O–H groups in total. The fourth-order valence-electron chi connectivity index (χ4n) is 2.70. The molecule has 1 aromatic rings. The Morgan fingerprint density at radius 1 is 1.24 bits per heavy atom. The summed E-state index contributed by atoms with van der Waals surface area (Å²) in [7, 11) is 0. The van der Waals surface area contributed by atoms with Crippen molar-refractivity contribution in [1.29, 1.82) is 0 Å². The Morgan fingerprint density at radius 3 is 2.52 bits per heavy atom. The first-order chi connectivity index (χ1) is 10.2. The standard InChI is InChI=1S/C14H19N5O2/c15-12(20)11-2-1-3-17-13(11)18-4-6-19(7-5-18)14(21)10-8-16-9-10/h1-3,10,16H,4-9H2,(H2,15,20). The number of nitrogens with zero attached hydrogens (tertiary/aromatic N) is 3. The van der Waals surface area contributed by atoms with Crippen molar-refractivity contribution in [3.8, 4) is 0 Å². The van der Waals surface area contributed by atoms with Crippen molar-refractivity contribution in [3.63, 3.8) is 0 Å². The minimum absolute atomic E-state index is 0.132. The number of aromatic nitrogens is 1. The summed E-state index contributed by atoms with van der Waals surface area (Å²) in [4.78, 5) is 31.8. The highest BCUT2D eigenvalue weighted by Crippen LogP contribution is 2.19. The molecular formula is C14H19N5O2. The molecule has 3 heterocycles. The number of amides is 2. The maximum Gasteiger partial charge on any atom is 0.252 e. The Labute approximate surface area is 123 Å². The van der Waals surface area contributed by atoms with Crippen LogP contribution in [0.25, 0.3) is 0 Å². The predicted molar refractivity (Wildman–Crippen MR) is 77.9 cm³/mol. The number of rotatable bonds is 3. The molecule has 2 saturated heterocycles. The monoisotopic (exact) mass is 289 g/mol. The summed E-state index contributed by atoms with van der Waals surface area (Å²) in [6, 6.07) is 3.38. The topological polar surface area (TPSA) is 91.6 Å². The van der Waals surface area contributed by atoms with Gasteiger partial charge in [-0.1, -0.05) is 0 Å². The van der Waals surface area contributed by atoms with E-state index in [0.717, 1.165) is 13.1 Å². The Hall–Kier alpha value is -2.15. The molecule has 0 radical (unpaired) electrons. The third-order valence-electron chi connectivity index (χ3n) is 4.07. The minimum atomic E-state index is -0.475. The lowest BCUT2D eigenvalue weighted by molar-refractivity contribution is -0.137. The minimum Gasteiger partial charge on any atom is -0.365 e. The quantitative estimate of drug-likeness (QED) is 0.748. The molecular weight excluding hydrogens is 270 g/mol. The lowest BCUT2D eigenvalue weighted by atomic mass is 10.0. The van der Waals surface area contributed by atoms with Crippen molar-refractivity contribution in [2.75, 3.05) is 44.2 Å². The Balaban J connectivity index is 1.66. The number of hydrogen-bond acceptors (Lipinski definition) is 5. The van der Waals surface area contributed by atoms with Gasteiger partial charge in [0.2, 0.25) is 5.91 Å². The normalized spacial score (nSPS) is 19.2. The summed E-state index contributed by atoms with van der Waals surface area (Å²) >= 11 is 0. The first-order valence-corrected chi connectivity index (χ1v) is 7.16. The van der Waals surface area contributed by atoms with Crippen LogP contribution < -0.4 is 16.0 Å². The van der Waals surface area contributed by atoms with Crippen LogP contribution in [0.1, 0.15) is 10.4 Å². The molecule has 2 fully saturated rings. The smallest absolute Gasteiger partial charge is 0.252 e. The van der Waals surface area contributed by atoms with E-state index in [1.807, 2.05) is 9.80 Å². The van der Waals surface area contributed by atoms with Crippen molar-refractivity contribution >= 4 is 17.6 Å². The van der Waals surface area contributed by atoms with Gasteiger partial charge >= 0.3 is 0 Å². The van der Waals surface area contributed by atoms with E-state index < -0.39 is 5.91 Å². The molecule has 7 nitrogen and oxygen atoms in total. The zero-order chi connectivity index (χ0) is 14.8. The van der Waals surface area contributed by atoms with Crippen molar-refractivity contribution in [2.45, 2.75) is 0 Å². The molecule has 0 saturated carbocycles. The highest BCUT2D eigenvalue weighted by Gasteiger charge is 2.31. The van der Waals surface area contributed by atoms with E-state index >= 15 is 0 Å². The van der Waals surface area contributed by atoms with Crippen LogP contribution in [0, 0.1) is 5.92 Å². The van der Waals surface area contributed by atoms with Gasteiger partial charge in [0.1, 0.15) is 5.82 Å². The fraction of sp³-hybridized carbons (Fsp3) is 0.500. The average molecular weight is 289 g/mol. The molecule has 3 rings (SSSR count). The average Bonchev–Trinajstić information content (AvgIpc) is 2.45. The summed E-state index contributed by atoms with van der Waals surface area (Å²) in [6.07, 6.45) is 1.65. The molecule has 0 aromatic carbocycles. The number of hydrogen-bond donors (Lipinski definition) is 2. The molecule has 0 spiro atoms. The second-order valence-corrected chi connectivity index (χ2v) is 5.41. The molecule has 0 unspecified atom stereocenters. The van der Waals surface area contributed by atoms with Crippen LogP contribution in [0.2, 0.25) is 0 Å². The molecule has 7 heteroatoms. The maximum atomic E-state index is 12.2. The van der Waals surface area contributed by atoms with E-state index in [2.05, 4.69) is 10.3 Å². The van der Waals surface area contributed by atoms with Crippen molar-refractivity contribution in [1.82, 2.24) is 15.2 Å². The summed E-state index contributed by atoms with van der Waals surface area (Å²) in [6.45, 7) is 4.22. The number of carbonyl (C=O) groups excluding carboxylic acids is 2. The maximum absolute atomic E-state index is 12.2. The molecule has 2 aliphatic heterocycles. The number of anilines is 1. The van der Waals surface area contributed by atoms with Gasteiger partial charge in [0.05, 0.1) is 11.5 Å². The van der Waals surface area contributed by atoms with Crippen LogP contribution in [0.4, 0.5) is 5.82 Å². The Kier molecular flexibility index (Phi) is 3.74. The molecule has 1 aromatic heterocycles. The summed E-state index contributed by atoms with van der Waals surface area (Å²) in [5, 5.41) is 3.12. The van der Waals surface area contributed by atoms with Crippen molar-refractivity contribution in [2.24, 2.45) is 11.7 Å². The van der Waals surface area contributed by atoms with Gasteiger partial charge < -0.3 is 20.9 Å². The Bertz CT molecular complexity index is 550. The van der Waals surface area contributed by atoms with E-state index in [4.69, 9.17) is 5.73 Å². The molecule has 0 atom stereocenters. The van der Waals surface area contributed by atoms with Gasteiger partial charge in [0, 0.05) is 45.5 Å². The molecule has 2 amide bonds. The number of piperazine rings is 1. The summed E-state index contributed by atoms with van der Waals surface area (Å²) in [5.41, 5.74) is 5.82. The second kappa shape index (κ2) is 5.69. The lowest BCUT2D eigenvalue weighted by Gasteiger charge is -2.39. The van der Waals surface area contributed by atoms with Crippen LogP contribution in [-0.2, 0) is 4.79 Å². The molecule has 2 aliphatic rings. The van der Waals surface area contributed by atoms with Gasteiger partial charge in [0.15, 0.2) is 0 Å². The second-order valence-electron chi connectivity index (χ2n) is 5.41. The van der Waals surface area contributed by atoms with Crippen molar-refractivity contribution in [3.05, 3.63) is 23.9 Å². The lowest BCUT2D eigenvalue weighted by Crippen LogP contribution is -2.56. The van der Waals surface area contributed by atoms with E-state index in [0.29, 0.717) is 37.6 Å². The van der Waals surface area contributed by atoms with Gasteiger partial charge in [-0.15, -0.1) is 0 Å². The number of nitrogens with one attached hydrogen (secondary N) is 1. The number of primary amides is 1. The largest absolute Gasteiger partial charge is 0.365 e. The highest BCUT2D eigenvalue weighted by atomic mass is 16.2. The van der Waals surface area contributed by atoms with Crippen LogP contribution in [0.3, 0.4) is 0 Å². The molecule has 112 valence electrons. The van der Waals surface area contributed by atoms with Gasteiger partial charge in [-0.25, -0.2) is 4.98 Å². The number of nitrogens with two attached hydrogens (primary N) is 1.